The van der Waals surface area contributed by atoms with E-state index in [1.807, 2.05) is 26.0 Å². The first kappa shape index (κ1) is 26.6. The molecule has 0 bridgehead atoms. The molecule has 0 atom stereocenters. The third kappa shape index (κ3) is 6.10. The standard InChI is InChI=1S/C26H24ClN3O5S2/c1-4-35-23(31)15-30-22-13-16(2)12-17(3)24(22)36-26(30)28-25(32)18-6-5-7-20(14-18)29-37(33,34)21-10-8-19(27)9-11-21/h5-14,29H,4,15H2,1-3H3. The molecule has 0 aliphatic carbocycles. The number of fused-ring (bicyclic) bond motifs is 1. The summed E-state index contributed by atoms with van der Waals surface area (Å²) in [4.78, 5) is 30.1. The molecule has 4 rings (SSSR count). The van der Waals surface area contributed by atoms with Gasteiger partial charge in [0.1, 0.15) is 6.54 Å². The van der Waals surface area contributed by atoms with Crippen molar-refractivity contribution in [3.05, 3.63) is 87.2 Å². The van der Waals surface area contributed by atoms with Crippen LogP contribution in [0.3, 0.4) is 0 Å². The Labute approximate surface area is 223 Å². The van der Waals surface area contributed by atoms with E-state index in [4.69, 9.17) is 16.3 Å². The number of carbonyl (C=O) groups is 2. The Bertz CT molecular complexity index is 1670. The van der Waals surface area contributed by atoms with Gasteiger partial charge < -0.3 is 9.30 Å². The molecule has 0 saturated heterocycles. The van der Waals surface area contributed by atoms with Gasteiger partial charge in [-0.05, 0) is 80.4 Å². The van der Waals surface area contributed by atoms with Crippen LogP contribution in [0, 0.1) is 13.8 Å². The molecular formula is C26H24ClN3O5S2. The van der Waals surface area contributed by atoms with Crippen molar-refractivity contribution in [3.8, 4) is 0 Å². The summed E-state index contributed by atoms with van der Waals surface area (Å²) in [5.74, 6) is -1.01. The number of hydrogen-bond acceptors (Lipinski definition) is 6. The number of sulfonamides is 1. The second kappa shape index (κ2) is 10.9. The minimum atomic E-state index is -3.89. The zero-order chi connectivity index (χ0) is 26.7. The van der Waals surface area contributed by atoms with Crippen LogP contribution >= 0.6 is 22.9 Å². The minimum Gasteiger partial charge on any atom is -0.465 e. The lowest BCUT2D eigenvalue weighted by atomic mass is 10.1. The summed E-state index contributed by atoms with van der Waals surface area (Å²) < 4.78 is 35.6. The Morgan fingerprint density at radius 3 is 2.51 bits per heavy atom. The molecule has 1 amide bonds. The van der Waals surface area contributed by atoms with Crippen molar-refractivity contribution >= 4 is 60.7 Å². The molecule has 0 spiro atoms. The first-order valence-electron chi connectivity index (χ1n) is 11.3. The van der Waals surface area contributed by atoms with Gasteiger partial charge in [-0.15, -0.1) is 0 Å². The Morgan fingerprint density at radius 1 is 1.08 bits per heavy atom. The van der Waals surface area contributed by atoms with E-state index in [0.717, 1.165) is 21.3 Å². The summed E-state index contributed by atoms with van der Waals surface area (Å²) in [6.45, 7) is 5.79. The lowest BCUT2D eigenvalue weighted by Gasteiger charge is -2.09. The molecule has 3 aromatic carbocycles. The molecule has 0 saturated carbocycles. The van der Waals surface area contributed by atoms with Crippen LogP contribution in [0.15, 0.2) is 70.6 Å². The number of thiazole rings is 1. The average Bonchev–Trinajstić information content (AvgIpc) is 3.16. The van der Waals surface area contributed by atoms with Crippen molar-refractivity contribution in [3.63, 3.8) is 0 Å². The smallest absolute Gasteiger partial charge is 0.326 e. The van der Waals surface area contributed by atoms with Crippen LogP contribution in [0.4, 0.5) is 5.69 Å². The van der Waals surface area contributed by atoms with Crippen LogP contribution in [0.5, 0.6) is 0 Å². The van der Waals surface area contributed by atoms with Crippen LogP contribution < -0.4 is 9.52 Å². The number of aryl methyl sites for hydroxylation is 2. The van der Waals surface area contributed by atoms with Gasteiger partial charge in [-0.25, -0.2) is 8.42 Å². The number of amides is 1. The van der Waals surface area contributed by atoms with Crippen molar-refractivity contribution in [1.29, 1.82) is 0 Å². The quantitative estimate of drug-likeness (QED) is 0.319. The van der Waals surface area contributed by atoms with E-state index >= 15 is 0 Å². The second-order valence-corrected chi connectivity index (χ2v) is 11.4. The molecule has 1 aromatic heterocycles. The van der Waals surface area contributed by atoms with Gasteiger partial charge in [0.15, 0.2) is 4.80 Å². The molecule has 192 valence electrons. The Hall–Kier alpha value is -3.47. The molecule has 4 aromatic rings. The highest BCUT2D eigenvalue weighted by Crippen LogP contribution is 2.24. The summed E-state index contributed by atoms with van der Waals surface area (Å²) >= 11 is 7.15. The average molecular weight is 558 g/mol. The van der Waals surface area contributed by atoms with Gasteiger partial charge in [-0.2, -0.15) is 4.99 Å². The number of halogens is 1. The number of esters is 1. The molecule has 0 aliphatic heterocycles. The summed E-state index contributed by atoms with van der Waals surface area (Å²) in [5.41, 5.74) is 3.19. The highest BCUT2D eigenvalue weighted by Gasteiger charge is 2.17. The summed E-state index contributed by atoms with van der Waals surface area (Å²) in [6, 6.07) is 15.8. The van der Waals surface area contributed by atoms with Crippen molar-refractivity contribution in [2.24, 2.45) is 4.99 Å². The molecule has 11 heteroatoms. The van der Waals surface area contributed by atoms with Crippen LogP contribution in [0.25, 0.3) is 10.2 Å². The van der Waals surface area contributed by atoms with E-state index in [9.17, 15) is 18.0 Å². The van der Waals surface area contributed by atoms with Crippen LogP contribution in [-0.2, 0) is 26.1 Å². The number of nitrogens with zero attached hydrogens (tertiary/aromatic N) is 2. The van der Waals surface area contributed by atoms with Gasteiger partial charge in [0.05, 0.1) is 21.7 Å². The Kier molecular flexibility index (Phi) is 7.82. The number of anilines is 1. The fraction of sp³-hybridized carbons (Fsp3) is 0.192. The van der Waals surface area contributed by atoms with E-state index in [1.54, 1.807) is 23.6 Å². The van der Waals surface area contributed by atoms with Crippen LogP contribution in [0.1, 0.15) is 28.4 Å². The molecule has 1 N–H and O–H groups in total. The fourth-order valence-corrected chi connectivity index (χ4v) is 6.03. The molecule has 1 heterocycles. The molecule has 0 radical (unpaired) electrons. The number of aromatic nitrogens is 1. The van der Waals surface area contributed by atoms with Crippen molar-refractivity contribution in [2.45, 2.75) is 32.2 Å². The maximum absolute atomic E-state index is 13.2. The molecule has 0 unspecified atom stereocenters. The zero-order valence-electron chi connectivity index (χ0n) is 20.3. The first-order valence-corrected chi connectivity index (χ1v) is 14.0. The van der Waals surface area contributed by atoms with Crippen molar-refractivity contribution in [2.75, 3.05) is 11.3 Å². The summed E-state index contributed by atoms with van der Waals surface area (Å²) in [5, 5.41) is 0.417. The number of ether oxygens (including phenoxy) is 1. The number of hydrogen-bond donors (Lipinski definition) is 1. The Morgan fingerprint density at radius 2 is 1.81 bits per heavy atom. The van der Waals surface area contributed by atoms with E-state index < -0.39 is 21.9 Å². The van der Waals surface area contributed by atoms with E-state index in [1.165, 1.54) is 47.7 Å². The molecule has 0 aliphatic rings. The maximum atomic E-state index is 13.2. The van der Waals surface area contributed by atoms with E-state index in [-0.39, 0.29) is 29.3 Å². The van der Waals surface area contributed by atoms with Gasteiger partial charge in [-0.3, -0.25) is 14.3 Å². The van der Waals surface area contributed by atoms with Crippen LogP contribution in [0.2, 0.25) is 5.02 Å². The fourth-order valence-electron chi connectivity index (χ4n) is 3.78. The number of rotatable bonds is 7. The normalized spacial score (nSPS) is 12.1. The van der Waals surface area contributed by atoms with E-state index in [2.05, 4.69) is 9.71 Å². The number of nitrogens with one attached hydrogen (secondary N) is 1. The van der Waals surface area contributed by atoms with Crippen molar-refractivity contribution < 1.29 is 22.7 Å². The third-order valence-electron chi connectivity index (χ3n) is 5.39. The lowest BCUT2D eigenvalue weighted by Crippen LogP contribution is -2.23. The third-order valence-corrected chi connectivity index (χ3v) is 8.27. The van der Waals surface area contributed by atoms with Gasteiger partial charge in [0, 0.05) is 16.3 Å². The lowest BCUT2D eigenvalue weighted by molar-refractivity contribution is -0.143. The van der Waals surface area contributed by atoms with Crippen LogP contribution in [-0.4, -0.2) is 31.5 Å². The second-order valence-electron chi connectivity index (χ2n) is 8.26. The van der Waals surface area contributed by atoms with Gasteiger partial charge in [-0.1, -0.05) is 35.1 Å². The predicted molar refractivity (Wildman–Crippen MR) is 145 cm³/mol. The highest BCUT2D eigenvalue weighted by atomic mass is 35.5. The monoisotopic (exact) mass is 557 g/mol. The maximum Gasteiger partial charge on any atom is 0.326 e. The Balaban J connectivity index is 1.71. The van der Waals surface area contributed by atoms with Gasteiger partial charge in [0.2, 0.25) is 0 Å². The number of carbonyl (C=O) groups excluding carboxylic acids is 2. The zero-order valence-corrected chi connectivity index (χ0v) is 22.7. The summed E-state index contributed by atoms with van der Waals surface area (Å²) in [6.07, 6.45) is 0. The first-order chi connectivity index (χ1) is 17.6. The van der Waals surface area contributed by atoms with E-state index in [0.29, 0.717) is 9.82 Å². The molecule has 0 fully saturated rings. The van der Waals surface area contributed by atoms with Gasteiger partial charge >= 0.3 is 5.97 Å². The predicted octanol–water partition coefficient (Wildman–Crippen LogP) is 5.08. The SMILES string of the molecule is CCOC(=O)Cn1c(=NC(=O)c2cccc(NS(=O)(=O)c3ccc(Cl)cc3)c2)sc2c(C)cc(C)cc21. The largest absolute Gasteiger partial charge is 0.465 e. The topological polar surface area (TPSA) is 107 Å². The summed E-state index contributed by atoms with van der Waals surface area (Å²) in [7, 11) is -3.89. The molecule has 37 heavy (non-hydrogen) atoms. The van der Waals surface area contributed by atoms with Gasteiger partial charge in [0.25, 0.3) is 15.9 Å². The highest BCUT2D eigenvalue weighted by molar-refractivity contribution is 7.92. The molecule has 8 nitrogen and oxygen atoms in total. The minimum absolute atomic E-state index is 0.0364. The van der Waals surface area contributed by atoms with Crippen molar-refractivity contribution in [1.82, 2.24) is 4.57 Å². The molecular weight excluding hydrogens is 534 g/mol. The number of benzene rings is 3.